The molecule has 0 heterocycles. The highest BCUT2D eigenvalue weighted by atomic mass is 32.2. The van der Waals surface area contributed by atoms with E-state index in [1.165, 1.54) is 18.3 Å². The first kappa shape index (κ1) is 24.0. The van der Waals surface area contributed by atoms with Gasteiger partial charge in [-0.15, -0.1) is 0 Å². The van der Waals surface area contributed by atoms with E-state index in [1.807, 2.05) is 44.2 Å². The Kier molecular flexibility index (Phi) is 6.84. The normalized spacial score (nSPS) is 11.6. The SMILES string of the molecule is Cc1ccc(S(=O)(=O)N(CC(=O)N/N=C\c2c(O)ccc3ccccc23)c2cccc(C)c2)cc1. The molecule has 0 unspecified atom stereocenters. The lowest BCUT2D eigenvalue weighted by Gasteiger charge is -2.24. The number of carbonyl (C=O) groups is 1. The molecule has 0 bridgehead atoms. The van der Waals surface area contributed by atoms with Crippen LogP contribution in [0.3, 0.4) is 0 Å². The number of fused-ring (bicyclic) bond motifs is 1. The molecule has 2 N–H and O–H groups in total. The van der Waals surface area contributed by atoms with Crippen molar-refractivity contribution in [2.75, 3.05) is 10.8 Å². The van der Waals surface area contributed by atoms with Crippen LogP contribution in [-0.2, 0) is 14.8 Å². The number of anilines is 1. The maximum Gasteiger partial charge on any atom is 0.264 e. The molecule has 0 aliphatic heterocycles. The molecule has 0 atom stereocenters. The Hall–Kier alpha value is -4.17. The summed E-state index contributed by atoms with van der Waals surface area (Å²) in [6.07, 6.45) is 1.35. The van der Waals surface area contributed by atoms with E-state index in [4.69, 9.17) is 0 Å². The predicted molar refractivity (Wildman–Crippen MR) is 138 cm³/mol. The Morgan fingerprint density at radius 3 is 2.43 bits per heavy atom. The van der Waals surface area contributed by atoms with Crippen molar-refractivity contribution in [1.82, 2.24) is 5.43 Å². The molecular formula is C27H25N3O4S. The van der Waals surface area contributed by atoms with Crippen LogP contribution in [0.1, 0.15) is 16.7 Å². The average Bonchev–Trinajstić information content (AvgIpc) is 2.84. The van der Waals surface area contributed by atoms with Crippen LogP contribution in [0.5, 0.6) is 5.75 Å². The third-order valence-electron chi connectivity index (χ3n) is 5.52. The Morgan fingerprint density at radius 2 is 1.69 bits per heavy atom. The van der Waals surface area contributed by atoms with E-state index in [0.717, 1.165) is 26.2 Å². The highest BCUT2D eigenvalue weighted by Gasteiger charge is 2.27. The van der Waals surface area contributed by atoms with Crippen LogP contribution in [0.25, 0.3) is 10.8 Å². The molecule has 0 aromatic heterocycles. The lowest BCUT2D eigenvalue weighted by Crippen LogP contribution is -2.39. The van der Waals surface area contributed by atoms with Gasteiger partial charge in [-0.1, -0.05) is 60.2 Å². The quantitative estimate of drug-likeness (QED) is 0.296. The molecule has 0 aliphatic rings. The first-order valence-corrected chi connectivity index (χ1v) is 12.4. The number of nitrogens with one attached hydrogen (secondary N) is 1. The van der Waals surface area contributed by atoms with Crippen molar-refractivity contribution in [3.8, 4) is 5.75 Å². The molecule has 4 aromatic carbocycles. The molecule has 4 rings (SSSR count). The minimum absolute atomic E-state index is 0.0186. The van der Waals surface area contributed by atoms with Gasteiger partial charge in [0.1, 0.15) is 12.3 Å². The molecule has 1 amide bonds. The van der Waals surface area contributed by atoms with Crippen LogP contribution in [0.4, 0.5) is 5.69 Å². The summed E-state index contributed by atoms with van der Waals surface area (Å²) >= 11 is 0. The van der Waals surface area contributed by atoms with Gasteiger partial charge < -0.3 is 5.11 Å². The molecule has 8 heteroatoms. The van der Waals surface area contributed by atoms with Crippen molar-refractivity contribution in [3.63, 3.8) is 0 Å². The van der Waals surface area contributed by atoms with Gasteiger partial charge in [0.25, 0.3) is 15.9 Å². The number of aryl methyl sites for hydroxylation is 2. The molecule has 4 aromatic rings. The van der Waals surface area contributed by atoms with Gasteiger partial charge in [-0.3, -0.25) is 9.10 Å². The first-order chi connectivity index (χ1) is 16.8. The van der Waals surface area contributed by atoms with Crippen molar-refractivity contribution in [2.24, 2.45) is 5.10 Å². The van der Waals surface area contributed by atoms with Crippen LogP contribution in [0, 0.1) is 13.8 Å². The summed E-state index contributed by atoms with van der Waals surface area (Å²) in [6.45, 7) is 3.24. The second-order valence-corrected chi connectivity index (χ2v) is 10.0. The fourth-order valence-electron chi connectivity index (χ4n) is 3.69. The number of hydrazone groups is 1. The zero-order valence-corrected chi connectivity index (χ0v) is 20.2. The summed E-state index contributed by atoms with van der Waals surface area (Å²) in [7, 11) is -4.01. The van der Waals surface area contributed by atoms with Crippen LogP contribution in [0.15, 0.2) is 94.9 Å². The van der Waals surface area contributed by atoms with Gasteiger partial charge in [0.05, 0.1) is 16.8 Å². The second kappa shape index (κ2) is 9.99. The summed E-state index contributed by atoms with van der Waals surface area (Å²) in [6, 6.07) is 24.2. The first-order valence-electron chi connectivity index (χ1n) is 10.9. The highest BCUT2D eigenvalue weighted by Crippen LogP contribution is 2.26. The molecule has 0 spiro atoms. The Bertz CT molecular complexity index is 1510. The number of amides is 1. The standard InChI is InChI=1S/C27H25N3O4S/c1-19-10-13-23(14-11-19)35(33,34)30(22-8-5-6-20(2)16-22)18-27(32)29-28-17-25-24-9-4-3-7-21(24)12-15-26(25)31/h3-17,31H,18H2,1-2H3,(H,29,32)/b28-17-. The number of sulfonamides is 1. The zero-order valence-electron chi connectivity index (χ0n) is 19.3. The number of nitrogens with zero attached hydrogens (tertiary/aromatic N) is 2. The zero-order chi connectivity index (χ0) is 25.0. The summed E-state index contributed by atoms with van der Waals surface area (Å²) < 4.78 is 28.0. The third kappa shape index (κ3) is 5.33. The molecule has 35 heavy (non-hydrogen) atoms. The van der Waals surface area contributed by atoms with Crippen molar-refractivity contribution in [3.05, 3.63) is 102 Å². The number of aromatic hydroxyl groups is 1. The molecule has 178 valence electrons. The van der Waals surface area contributed by atoms with Crippen molar-refractivity contribution >= 4 is 38.6 Å². The van der Waals surface area contributed by atoms with E-state index in [9.17, 15) is 18.3 Å². The van der Waals surface area contributed by atoms with Gasteiger partial charge in [-0.25, -0.2) is 13.8 Å². The topological polar surface area (TPSA) is 99.1 Å². The van der Waals surface area contributed by atoms with Gasteiger partial charge in [0, 0.05) is 5.56 Å². The van der Waals surface area contributed by atoms with Gasteiger partial charge in [0.15, 0.2) is 0 Å². The monoisotopic (exact) mass is 487 g/mol. The minimum atomic E-state index is -4.01. The lowest BCUT2D eigenvalue weighted by molar-refractivity contribution is -0.119. The molecule has 0 saturated heterocycles. The number of carbonyl (C=O) groups excluding carboxylic acids is 1. The Labute approximate surface area is 204 Å². The molecule has 0 fully saturated rings. The van der Waals surface area contributed by atoms with Crippen LogP contribution >= 0.6 is 0 Å². The molecule has 7 nitrogen and oxygen atoms in total. The highest BCUT2D eigenvalue weighted by molar-refractivity contribution is 7.92. The summed E-state index contributed by atoms with van der Waals surface area (Å²) in [5, 5.41) is 15.9. The van der Waals surface area contributed by atoms with E-state index in [1.54, 1.807) is 42.5 Å². The number of benzene rings is 4. The lowest BCUT2D eigenvalue weighted by atomic mass is 10.0. The fourth-order valence-corrected chi connectivity index (χ4v) is 5.10. The number of hydrogen-bond acceptors (Lipinski definition) is 5. The second-order valence-electron chi connectivity index (χ2n) is 8.18. The summed E-state index contributed by atoms with van der Waals surface area (Å²) in [5.41, 5.74) is 4.99. The molecule has 0 saturated carbocycles. The van der Waals surface area contributed by atoms with Gasteiger partial charge in [0.2, 0.25) is 0 Å². The van der Waals surface area contributed by atoms with Crippen LogP contribution in [-0.4, -0.2) is 32.2 Å². The minimum Gasteiger partial charge on any atom is -0.507 e. The van der Waals surface area contributed by atoms with E-state index in [-0.39, 0.29) is 10.6 Å². The Balaban J connectivity index is 1.60. The Morgan fingerprint density at radius 1 is 0.943 bits per heavy atom. The van der Waals surface area contributed by atoms with Gasteiger partial charge in [-0.2, -0.15) is 5.10 Å². The maximum absolute atomic E-state index is 13.5. The summed E-state index contributed by atoms with van der Waals surface area (Å²) in [4.78, 5) is 12.9. The average molecular weight is 488 g/mol. The van der Waals surface area contributed by atoms with Crippen molar-refractivity contribution in [1.29, 1.82) is 0 Å². The van der Waals surface area contributed by atoms with Crippen LogP contribution < -0.4 is 9.73 Å². The van der Waals surface area contributed by atoms with E-state index >= 15 is 0 Å². The fraction of sp³-hybridized carbons (Fsp3) is 0.111. The summed E-state index contributed by atoms with van der Waals surface area (Å²) in [5.74, 6) is -0.608. The van der Waals surface area contributed by atoms with Crippen molar-refractivity contribution < 1.29 is 18.3 Å². The van der Waals surface area contributed by atoms with E-state index in [0.29, 0.717) is 11.3 Å². The largest absolute Gasteiger partial charge is 0.507 e. The van der Waals surface area contributed by atoms with E-state index < -0.39 is 22.5 Å². The molecule has 0 aliphatic carbocycles. The number of rotatable bonds is 7. The number of phenols is 1. The van der Waals surface area contributed by atoms with Gasteiger partial charge in [-0.05, 0) is 60.5 Å². The van der Waals surface area contributed by atoms with Crippen molar-refractivity contribution in [2.45, 2.75) is 18.7 Å². The maximum atomic E-state index is 13.5. The third-order valence-corrected chi connectivity index (χ3v) is 7.30. The van der Waals surface area contributed by atoms with Gasteiger partial charge >= 0.3 is 0 Å². The smallest absolute Gasteiger partial charge is 0.264 e. The van der Waals surface area contributed by atoms with E-state index in [2.05, 4.69) is 10.5 Å². The number of phenolic OH excluding ortho intramolecular Hbond substituents is 1. The number of hydrogen-bond donors (Lipinski definition) is 2. The predicted octanol–water partition coefficient (Wildman–Crippen LogP) is 4.51. The molecular weight excluding hydrogens is 462 g/mol. The molecule has 0 radical (unpaired) electrons. The van der Waals surface area contributed by atoms with Crippen LogP contribution in [0.2, 0.25) is 0 Å².